The van der Waals surface area contributed by atoms with Gasteiger partial charge in [0.1, 0.15) is 5.82 Å². The summed E-state index contributed by atoms with van der Waals surface area (Å²) in [6.07, 6.45) is -0.754. The Kier molecular flexibility index (Phi) is 7.68. The van der Waals surface area contributed by atoms with Gasteiger partial charge < -0.3 is 5.32 Å². The maximum absolute atomic E-state index is 14.0. The summed E-state index contributed by atoms with van der Waals surface area (Å²) in [5.74, 6) is 0.373. The summed E-state index contributed by atoms with van der Waals surface area (Å²) in [6, 6.07) is 11.4. The van der Waals surface area contributed by atoms with Gasteiger partial charge in [0.05, 0.1) is 39.4 Å². The summed E-state index contributed by atoms with van der Waals surface area (Å²) >= 11 is 6.01. The van der Waals surface area contributed by atoms with Crippen LogP contribution in [0.3, 0.4) is 0 Å². The zero-order chi connectivity index (χ0) is 29.8. The molecule has 42 heavy (non-hydrogen) atoms. The molecule has 1 spiro atoms. The highest BCUT2D eigenvalue weighted by Gasteiger charge is 2.58. The number of aromatic nitrogens is 1. The van der Waals surface area contributed by atoms with E-state index < -0.39 is 50.7 Å². The number of halogens is 5. The van der Waals surface area contributed by atoms with Gasteiger partial charge in [-0.05, 0) is 85.7 Å². The third-order valence-electron chi connectivity index (χ3n) is 8.33. The Hall–Kier alpha value is -2.83. The normalized spacial score (nSPS) is 24.5. The molecule has 1 aromatic heterocycles. The molecule has 0 radical (unpaired) electrons. The lowest BCUT2D eigenvalue weighted by Crippen LogP contribution is -2.50. The van der Waals surface area contributed by atoms with E-state index in [1.54, 1.807) is 18.2 Å². The minimum Gasteiger partial charge on any atom is -0.346 e. The highest BCUT2D eigenvalue weighted by Crippen LogP contribution is 2.58. The largest absolute Gasteiger partial charge is 0.417 e. The summed E-state index contributed by atoms with van der Waals surface area (Å²) < 4.78 is 80.9. The van der Waals surface area contributed by atoms with Crippen LogP contribution in [0.1, 0.15) is 52.9 Å². The van der Waals surface area contributed by atoms with Gasteiger partial charge in [-0.25, -0.2) is 8.60 Å². The van der Waals surface area contributed by atoms with Crippen LogP contribution in [-0.2, 0) is 39.9 Å². The zero-order valence-electron chi connectivity index (χ0n) is 22.1. The SMILES string of the molecule is O=C(NCc1ncc(C(F)(F)F)cc1Cl)c1ccc2c(c1)C1(CCS(=O)CC1)C(C1CC1)N2S(=O)c1ccc(F)cc1. The number of hydrogen-bond acceptors (Lipinski definition) is 4. The highest BCUT2D eigenvalue weighted by molar-refractivity contribution is 7.86. The van der Waals surface area contributed by atoms with Crippen molar-refractivity contribution in [2.75, 3.05) is 15.8 Å². The van der Waals surface area contributed by atoms with Gasteiger partial charge in [-0.2, -0.15) is 13.2 Å². The van der Waals surface area contributed by atoms with Crippen LogP contribution in [0.5, 0.6) is 0 Å². The predicted octanol–water partition coefficient (Wildman–Crippen LogP) is 5.92. The molecule has 2 unspecified atom stereocenters. The Labute approximate surface area is 249 Å². The molecule has 3 aromatic rings. The number of fused-ring (bicyclic) bond motifs is 2. The average molecular weight is 640 g/mol. The number of anilines is 1. The van der Waals surface area contributed by atoms with E-state index in [0.717, 1.165) is 30.2 Å². The van der Waals surface area contributed by atoms with Crippen molar-refractivity contribution < 1.29 is 30.8 Å². The van der Waals surface area contributed by atoms with Crippen molar-refractivity contribution in [3.8, 4) is 0 Å². The Balaban J connectivity index is 1.33. The van der Waals surface area contributed by atoms with Gasteiger partial charge in [0.25, 0.3) is 5.91 Å². The third kappa shape index (κ3) is 5.37. The monoisotopic (exact) mass is 639 g/mol. The third-order valence-corrected chi connectivity index (χ3v) is 11.4. The first-order valence-corrected chi connectivity index (χ1v) is 16.4. The van der Waals surface area contributed by atoms with Crippen LogP contribution in [-0.4, -0.2) is 36.9 Å². The van der Waals surface area contributed by atoms with Crippen LogP contribution in [0, 0.1) is 11.7 Å². The predicted molar refractivity (Wildman–Crippen MR) is 152 cm³/mol. The lowest BCUT2D eigenvalue weighted by molar-refractivity contribution is -0.137. The van der Waals surface area contributed by atoms with Crippen molar-refractivity contribution in [3.05, 3.63) is 88.0 Å². The van der Waals surface area contributed by atoms with Crippen molar-refractivity contribution in [2.24, 2.45) is 5.92 Å². The molecule has 1 aliphatic carbocycles. The van der Waals surface area contributed by atoms with Gasteiger partial charge in [-0.1, -0.05) is 11.6 Å². The molecule has 0 bridgehead atoms. The first-order chi connectivity index (χ1) is 20.0. The molecule has 1 saturated heterocycles. The fourth-order valence-corrected chi connectivity index (χ4v) is 9.25. The van der Waals surface area contributed by atoms with E-state index in [2.05, 4.69) is 10.3 Å². The van der Waals surface area contributed by atoms with Crippen molar-refractivity contribution >= 4 is 45.0 Å². The molecule has 3 aliphatic rings. The number of rotatable bonds is 6. The number of amides is 1. The maximum Gasteiger partial charge on any atom is 0.417 e. The number of benzene rings is 2. The van der Waals surface area contributed by atoms with E-state index in [4.69, 9.17) is 11.6 Å². The molecule has 3 heterocycles. The lowest BCUT2D eigenvalue weighted by Gasteiger charge is -2.41. The summed E-state index contributed by atoms with van der Waals surface area (Å²) in [5, 5.41) is 2.48. The van der Waals surface area contributed by atoms with Gasteiger partial charge in [0.2, 0.25) is 0 Å². The van der Waals surface area contributed by atoms with E-state index >= 15 is 0 Å². The van der Waals surface area contributed by atoms with E-state index in [1.165, 1.54) is 24.3 Å². The standard InChI is InChI=1S/C29H26ClF4N3O3S2/c30-23-14-19(29(32,33)34)15-35-24(23)16-36-27(38)18-3-8-25-22(13-18)28(9-11-41(39)12-10-28)26(17-1-2-17)37(25)42(40)21-6-4-20(31)5-7-21/h3-8,13-15,17,26H,1-2,9-12,16H2,(H,36,38). The van der Waals surface area contributed by atoms with Crippen LogP contribution < -0.4 is 9.62 Å². The fourth-order valence-electron chi connectivity index (χ4n) is 6.12. The molecular weight excluding hydrogens is 614 g/mol. The first-order valence-electron chi connectivity index (χ1n) is 13.4. The molecule has 2 aromatic carbocycles. The van der Waals surface area contributed by atoms with Crippen molar-refractivity contribution in [1.29, 1.82) is 0 Å². The molecular formula is C29H26ClF4N3O3S2. The van der Waals surface area contributed by atoms with Crippen molar-refractivity contribution in [1.82, 2.24) is 10.3 Å². The van der Waals surface area contributed by atoms with Crippen LogP contribution in [0.25, 0.3) is 0 Å². The Morgan fingerprint density at radius 3 is 2.43 bits per heavy atom. The molecule has 222 valence electrons. The number of carbonyl (C=O) groups is 1. The fraction of sp³-hybridized carbons (Fsp3) is 0.379. The van der Waals surface area contributed by atoms with Gasteiger partial charge in [-0.15, -0.1) is 0 Å². The van der Waals surface area contributed by atoms with Gasteiger partial charge in [0, 0.05) is 39.5 Å². The number of alkyl halides is 3. The van der Waals surface area contributed by atoms with Crippen LogP contribution in [0.2, 0.25) is 5.02 Å². The molecule has 1 amide bonds. The Morgan fingerprint density at radius 1 is 1.12 bits per heavy atom. The summed E-state index contributed by atoms with van der Waals surface area (Å²) in [4.78, 5) is 17.5. The molecule has 1 saturated carbocycles. The molecule has 6 nitrogen and oxygen atoms in total. The average Bonchev–Trinajstić information content (AvgIpc) is 3.76. The zero-order valence-corrected chi connectivity index (χ0v) is 24.5. The maximum atomic E-state index is 14.0. The van der Waals surface area contributed by atoms with E-state index in [1.807, 2.05) is 4.31 Å². The Morgan fingerprint density at radius 2 is 1.81 bits per heavy atom. The van der Waals surface area contributed by atoms with E-state index in [9.17, 15) is 30.8 Å². The van der Waals surface area contributed by atoms with Gasteiger partial charge in [0.15, 0.2) is 11.0 Å². The molecule has 6 rings (SSSR count). The van der Waals surface area contributed by atoms with Gasteiger partial charge >= 0.3 is 6.18 Å². The van der Waals surface area contributed by atoms with Crippen molar-refractivity contribution in [2.45, 2.75) is 54.8 Å². The molecule has 2 atom stereocenters. The second-order valence-corrected chi connectivity index (χ2v) is 14.3. The second kappa shape index (κ2) is 11.0. The summed E-state index contributed by atoms with van der Waals surface area (Å²) in [6.45, 7) is -0.178. The summed E-state index contributed by atoms with van der Waals surface area (Å²) in [7, 11) is -2.61. The number of carbonyl (C=O) groups excluding carboxylic acids is 1. The van der Waals surface area contributed by atoms with Crippen LogP contribution in [0.15, 0.2) is 59.6 Å². The van der Waals surface area contributed by atoms with Crippen LogP contribution in [0.4, 0.5) is 23.2 Å². The molecule has 2 fully saturated rings. The lowest BCUT2D eigenvalue weighted by atomic mass is 9.70. The minimum absolute atomic E-state index is 0.0973. The Bertz CT molecular complexity index is 1590. The second-order valence-electron chi connectivity index (χ2n) is 10.9. The smallest absolute Gasteiger partial charge is 0.346 e. The van der Waals surface area contributed by atoms with Crippen molar-refractivity contribution in [3.63, 3.8) is 0 Å². The highest BCUT2D eigenvalue weighted by atomic mass is 35.5. The van der Waals surface area contributed by atoms with E-state index in [0.29, 0.717) is 41.0 Å². The number of hydrogen-bond donors (Lipinski definition) is 1. The van der Waals surface area contributed by atoms with Gasteiger partial charge in [-0.3, -0.25) is 18.3 Å². The number of nitrogens with zero attached hydrogens (tertiary/aromatic N) is 2. The topological polar surface area (TPSA) is 79.4 Å². The summed E-state index contributed by atoms with van der Waals surface area (Å²) in [5.41, 5.74) is 0.574. The number of pyridine rings is 1. The van der Waals surface area contributed by atoms with Crippen LogP contribution >= 0.6 is 11.6 Å². The van der Waals surface area contributed by atoms with E-state index in [-0.39, 0.29) is 29.2 Å². The quantitative estimate of drug-likeness (QED) is 0.340. The molecule has 1 N–H and O–H groups in total. The molecule has 13 heteroatoms. The number of nitrogens with one attached hydrogen (secondary N) is 1. The minimum atomic E-state index is -4.59. The molecule has 2 aliphatic heterocycles. The first kappa shape index (κ1) is 29.3.